The highest BCUT2D eigenvalue weighted by molar-refractivity contribution is 7.98. The van der Waals surface area contributed by atoms with Gasteiger partial charge in [0.2, 0.25) is 0 Å². The molecule has 2 aromatic carbocycles. The Morgan fingerprint density at radius 1 is 1.17 bits per heavy atom. The van der Waals surface area contributed by atoms with Crippen LogP contribution in [0.1, 0.15) is 5.56 Å². The predicted octanol–water partition coefficient (Wildman–Crippen LogP) is 5.35. The smallest absolute Gasteiger partial charge is 0.170 e. The first-order valence-electron chi connectivity index (χ1n) is 6.87. The minimum Gasteiger partial charge on any atom is -0.362 e. The van der Waals surface area contributed by atoms with Crippen molar-refractivity contribution in [3.8, 4) is 0 Å². The number of thiocarbonyl (C=S) groups is 1. The zero-order valence-corrected chi connectivity index (χ0v) is 15.3. The molecule has 2 N–H and O–H groups in total. The quantitative estimate of drug-likeness (QED) is 0.514. The Labute approximate surface area is 154 Å². The van der Waals surface area contributed by atoms with Crippen molar-refractivity contribution in [3.63, 3.8) is 0 Å². The first kappa shape index (κ1) is 18.3. The molecule has 0 radical (unpaired) electrons. The van der Waals surface area contributed by atoms with Crippen molar-refractivity contribution in [2.24, 2.45) is 0 Å². The van der Waals surface area contributed by atoms with Crippen LogP contribution in [0, 0.1) is 5.82 Å². The van der Waals surface area contributed by atoms with E-state index in [1.807, 2.05) is 12.1 Å². The zero-order valence-electron chi connectivity index (χ0n) is 12.1. The second-order valence-electron chi connectivity index (χ2n) is 4.64. The molecule has 23 heavy (non-hydrogen) atoms. The summed E-state index contributed by atoms with van der Waals surface area (Å²) in [4.78, 5) is 0. The third kappa shape index (κ3) is 6.18. The summed E-state index contributed by atoms with van der Waals surface area (Å²) in [5.41, 5.74) is 1.37. The number of halogens is 3. The van der Waals surface area contributed by atoms with Gasteiger partial charge in [0.25, 0.3) is 0 Å². The van der Waals surface area contributed by atoms with Crippen LogP contribution in [0.5, 0.6) is 0 Å². The van der Waals surface area contributed by atoms with Gasteiger partial charge >= 0.3 is 0 Å². The van der Waals surface area contributed by atoms with E-state index < -0.39 is 0 Å². The highest BCUT2D eigenvalue weighted by Gasteiger charge is 2.06. The summed E-state index contributed by atoms with van der Waals surface area (Å²) in [6.07, 6.45) is 0. The molecule has 0 saturated carbocycles. The molecule has 0 unspecified atom stereocenters. The molecule has 0 aliphatic heterocycles. The standard InChI is InChI=1S/C16H15Cl2FN2S2/c17-11-3-1-4-12(9-11)21-16(22)20-7-8-23-10-13-14(18)5-2-6-15(13)19/h1-6,9H,7-8,10H2,(H2,20,21,22). The molecule has 2 aromatic rings. The summed E-state index contributed by atoms with van der Waals surface area (Å²) in [7, 11) is 0. The monoisotopic (exact) mass is 388 g/mol. The molecule has 0 aromatic heterocycles. The second-order valence-corrected chi connectivity index (χ2v) is 7.00. The van der Waals surface area contributed by atoms with Crippen molar-refractivity contribution >= 4 is 58.0 Å². The van der Waals surface area contributed by atoms with Gasteiger partial charge in [0, 0.05) is 39.3 Å². The average Bonchev–Trinajstić information content (AvgIpc) is 2.49. The number of benzene rings is 2. The van der Waals surface area contributed by atoms with E-state index in [-0.39, 0.29) is 5.82 Å². The predicted molar refractivity (Wildman–Crippen MR) is 103 cm³/mol. The summed E-state index contributed by atoms with van der Waals surface area (Å²) in [5, 5.41) is 7.79. The number of thioether (sulfide) groups is 1. The van der Waals surface area contributed by atoms with E-state index in [2.05, 4.69) is 10.6 Å². The molecule has 0 atom stereocenters. The molecule has 2 nitrogen and oxygen atoms in total. The SMILES string of the molecule is Fc1cccc(Cl)c1CSCCNC(=S)Nc1cccc(Cl)c1. The lowest BCUT2D eigenvalue weighted by Crippen LogP contribution is -2.30. The lowest BCUT2D eigenvalue weighted by molar-refractivity contribution is 0.617. The minimum atomic E-state index is -0.267. The van der Waals surface area contributed by atoms with E-state index in [1.165, 1.54) is 6.07 Å². The van der Waals surface area contributed by atoms with Crippen LogP contribution in [-0.2, 0) is 5.75 Å². The van der Waals surface area contributed by atoms with E-state index in [9.17, 15) is 4.39 Å². The highest BCUT2D eigenvalue weighted by Crippen LogP contribution is 2.23. The molecule has 0 aliphatic carbocycles. The van der Waals surface area contributed by atoms with E-state index in [0.29, 0.717) is 33.0 Å². The van der Waals surface area contributed by atoms with Crippen LogP contribution in [-0.4, -0.2) is 17.4 Å². The summed E-state index contributed by atoms with van der Waals surface area (Å²) in [5.74, 6) is 1.04. The van der Waals surface area contributed by atoms with E-state index >= 15 is 0 Å². The van der Waals surface area contributed by atoms with E-state index in [1.54, 1.807) is 36.0 Å². The van der Waals surface area contributed by atoms with Gasteiger partial charge in [0.15, 0.2) is 5.11 Å². The molecule has 0 spiro atoms. The van der Waals surface area contributed by atoms with E-state index in [4.69, 9.17) is 35.4 Å². The van der Waals surface area contributed by atoms with Crippen molar-refractivity contribution in [1.82, 2.24) is 5.32 Å². The van der Waals surface area contributed by atoms with Crippen LogP contribution in [0.15, 0.2) is 42.5 Å². The zero-order chi connectivity index (χ0) is 16.7. The molecule has 2 rings (SSSR count). The van der Waals surface area contributed by atoms with Gasteiger partial charge in [-0.1, -0.05) is 35.3 Å². The van der Waals surface area contributed by atoms with Crippen molar-refractivity contribution in [2.75, 3.05) is 17.6 Å². The molecule has 0 aliphatic rings. The van der Waals surface area contributed by atoms with Gasteiger partial charge < -0.3 is 10.6 Å². The molecule has 0 fully saturated rings. The van der Waals surface area contributed by atoms with Gasteiger partial charge in [-0.05, 0) is 42.5 Å². The first-order chi connectivity index (χ1) is 11.1. The third-order valence-electron chi connectivity index (χ3n) is 2.92. The first-order valence-corrected chi connectivity index (χ1v) is 9.19. The van der Waals surface area contributed by atoms with E-state index in [0.717, 1.165) is 11.4 Å². The Balaban J connectivity index is 1.68. The van der Waals surface area contributed by atoms with Crippen molar-refractivity contribution in [1.29, 1.82) is 0 Å². The Kier molecular flexibility index (Phi) is 7.43. The molecule has 7 heteroatoms. The molecular weight excluding hydrogens is 374 g/mol. The van der Waals surface area contributed by atoms with Crippen LogP contribution in [0.4, 0.5) is 10.1 Å². The lowest BCUT2D eigenvalue weighted by atomic mass is 10.2. The molecule has 0 bridgehead atoms. The number of hydrogen-bond donors (Lipinski definition) is 2. The van der Waals surface area contributed by atoms with Gasteiger partial charge in [-0.25, -0.2) is 4.39 Å². The molecule has 0 saturated heterocycles. The van der Waals surface area contributed by atoms with Gasteiger partial charge in [0.1, 0.15) is 5.82 Å². The summed E-state index contributed by atoms with van der Waals surface area (Å²) >= 11 is 18.7. The lowest BCUT2D eigenvalue weighted by Gasteiger charge is -2.11. The van der Waals surface area contributed by atoms with Crippen molar-refractivity contribution in [2.45, 2.75) is 5.75 Å². The number of nitrogens with one attached hydrogen (secondary N) is 2. The number of rotatable bonds is 6. The summed E-state index contributed by atoms with van der Waals surface area (Å²) < 4.78 is 13.6. The summed E-state index contributed by atoms with van der Waals surface area (Å²) in [6, 6.07) is 12.1. The van der Waals surface area contributed by atoms with Gasteiger partial charge in [-0.15, -0.1) is 0 Å². The van der Waals surface area contributed by atoms with Gasteiger partial charge in [0.05, 0.1) is 0 Å². The van der Waals surface area contributed by atoms with Crippen molar-refractivity contribution in [3.05, 3.63) is 63.9 Å². The number of hydrogen-bond acceptors (Lipinski definition) is 2. The van der Waals surface area contributed by atoms with Crippen LogP contribution >= 0.6 is 47.2 Å². The van der Waals surface area contributed by atoms with Crippen LogP contribution in [0.25, 0.3) is 0 Å². The Morgan fingerprint density at radius 2 is 1.96 bits per heavy atom. The van der Waals surface area contributed by atoms with Crippen LogP contribution < -0.4 is 10.6 Å². The molecular formula is C16H15Cl2FN2S2. The topological polar surface area (TPSA) is 24.1 Å². The molecule has 0 amide bonds. The fourth-order valence-electron chi connectivity index (χ4n) is 1.82. The maximum absolute atomic E-state index is 13.6. The maximum Gasteiger partial charge on any atom is 0.170 e. The Hall–Kier alpha value is -1.01. The maximum atomic E-state index is 13.6. The van der Waals surface area contributed by atoms with Gasteiger partial charge in [-0.3, -0.25) is 0 Å². The third-order valence-corrected chi connectivity index (χ3v) is 4.74. The number of anilines is 1. The average molecular weight is 389 g/mol. The fraction of sp³-hybridized carbons (Fsp3) is 0.188. The Bertz CT molecular complexity index is 663. The molecule has 122 valence electrons. The van der Waals surface area contributed by atoms with Crippen molar-refractivity contribution < 1.29 is 4.39 Å². The van der Waals surface area contributed by atoms with Crippen LogP contribution in [0.2, 0.25) is 10.0 Å². The summed E-state index contributed by atoms with van der Waals surface area (Å²) in [6.45, 7) is 0.670. The van der Waals surface area contributed by atoms with Crippen LogP contribution in [0.3, 0.4) is 0 Å². The minimum absolute atomic E-state index is 0.267. The highest BCUT2D eigenvalue weighted by atomic mass is 35.5. The molecule has 0 heterocycles. The Morgan fingerprint density at radius 3 is 2.70 bits per heavy atom. The second kappa shape index (κ2) is 9.33. The largest absolute Gasteiger partial charge is 0.362 e. The van der Waals surface area contributed by atoms with Gasteiger partial charge in [-0.2, -0.15) is 11.8 Å². The fourth-order valence-corrected chi connectivity index (χ4v) is 3.43. The normalized spacial score (nSPS) is 10.4.